The zero-order valence-electron chi connectivity index (χ0n) is 14.3. The van der Waals surface area contributed by atoms with Crippen molar-refractivity contribution in [3.05, 3.63) is 92.5 Å². The van der Waals surface area contributed by atoms with Gasteiger partial charge in [-0.25, -0.2) is 0 Å². The summed E-state index contributed by atoms with van der Waals surface area (Å²) >= 11 is 12.8. The Bertz CT molecular complexity index is 1120. The fraction of sp³-hybridized carbons (Fsp3) is 0.0455. The first-order chi connectivity index (χ1) is 13.0. The smallest absolute Gasteiger partial charge is 0.195 e. The topological polar surface area (TPSA) is 46.5 Å². The lowest BCUT2D eigenvalue weighted by Crippen LogP contribution is -2.15. The Morgan fingerprint density at radius 2 is 1.59 bits per heavy atom. The van der Waals surface area contributed by atoms with Crippen LogP contribution in [0.3, 0.4) is 0 Å². The first-order valence-corrected chi connectivity index (χ1v) is 8.98. The Morgan fingerprint density at radius 3 is 2.26 bits per heavy atom. The SMILES string of the molecule is COc1ccc(/C=C2/c3cccc(Cl)c3C(=O)c3cccc(Cl)c32)cc1O. The summed E-state index contributed by atoms with van der Waals surface area (Å²) in [6.07, 6.45) is 1.88. The molecule has 1 aliphatic rings. The highest BCUT2D eigenvalue weighted by molar-refractivity contribution is 6.39. The minimum atomic E-state index is -0.150. The molecule has 1 aliphatic carbocycles. The van der Waals surface area contributed by atoms with Gasteiger partial charge in [-0.2, -0.15) is 0 Å². The molecule has 3 aromatic carbocycles. The summed E-state index contributed by atoms with van der Waals surface area (Å²) in [4.78, 5) is 13.0. The summed E-state index contributed by atoms with van der Waals surface area (Å²) in [5.41, 5.74) is 3.86. The molecule has 5 heteroatoms. The Labute approximate surface area is 166 Å². The van der Waals surface area contributed by atoms with Gasteiger partial charge in [-0.05, 0) is 47.0 Å². The number of aromatic hydroxyl groups is 1. The summed E-state index contributed by atoms with van der Waals surface area (Å²) in [6, 6.07) is 15.7. The number of ether oxygens (including phenoxy) is 1. The summed E-state index contributed by atoms with van der Waals surface area (Å²) in [5, 5.41) is 11.0. The quantitative estimate of drug-likeness (QED) is 0.462. The third-order valence-corrected chi connectivity index (χ3v) is 5.20. The molecule has 1 N–H and O–H groups in total. The van der Waals surface area contributed by atoms with Gasteiger partial charge in [0, 0.05) is 21.7 Å². The van der Waals surface area contributed by atoms with E-state index in [2.05, 4.69) is 0 Å². The van der Waals surface area contributed by atoms with Gasteiger partial charge >= 0.3 is 0 Å². The molecule has 0 heterocycles. The second-order valence-corrected chi connectivity index (χ2v) is 6.96. The van der Waals surface area contributed by atoms with Gasteiger partial charge in [0.05, 0.1) is 12.1 Å². The minimum absolute atomic E-state index is 0.0319. The van der Waals surface area contributed by atoms with E-state index in [1.165, 1.54) is 7.11 Å². The Morgan fingerprint density at radius 1 is 0.926 bits per heavy atom. The molecule has 134 valence electrons. The molecule has 3 aromatic rings. The molecular formula is C22H14Cl2O3. The Balaban J connectivity index is 2.01. The predicted octanol–water partition coefficient (Wildman–Crippen LogP) is 5.84. The average molecular weight is 397 g/mol. The fourth-order valence-electron chi connectivity index (χ4n) is 3.35. The molecule has 0 saturated heterocycles. The minimum Gasteiger partial charge on any atom is -0.504 e. The van der Waals surface area contributed by atoms with Crippen molar-refractivity contribution in [3.63, 3.8) is 0 Å². The lowest BCUT2D eigenvalue weighted by molar-refractivity contribution is 0.103. The maximum atomic E-state index is 13.0. The molecule has 0 saturated carbocycles. The lowest BCUT2D eigenvalue weighted by Gasteiger charge is -2.23. The van der Waals surface area contributed by atoms with Crippen LogP contribution < -0.4 is 4.74 Å². The van der Waals surface area contributed by atoms with E-state index in [9.17, 15) is 9.90 Å². The molecule has 0 bridgehead atoms. The largest absolute Gasteiger partial charge is 0.504 e. The van der Waals surface area contributed by atoms with Crippen LogP contribution in [0.1, 0.15) is 32.6 Å². The van der Waals surface area contributed by atoms with Gasteiger partial charge in [-0.1, -0.05) is 53.5 Å². The van der Waals surface area contributed by atoms with Crippen LogP contribution in [0.4, 0.5) is 0 Å². The number of ketones is 1. The van der Waals surface area contributed by atoms with E-state index in [4.69, 9.17) is 27.9 Å². The summed E-state index contributed by atoms with van der Waals surface area (Å²) in [5.74, 6) is 0.269. The summed E-state index contributed by atoms with van der Waals surface area (Å²) < 4.78 is 5.10. The van der Waals surface area contributed by atoms with Crippen molar-refractivity contribution in [3.8, 4) is 11.5 Å². The monoisotopic (exact) mass is 396 g/mol. The van der Waals surface area contributed by atoms with E-state index in [0.717, 1.165) is 11.1 Å². The number of fused-ring (bicyclic) bond motifs is 2. The number of methoxy groups -OCH3 is 1. The Hall–Kier alpha value is -2.75. The zero-order chi connectivity index (χ0) is 19.1. The standard InChI is InChI=1S/C22H14Cl2O3/c1-27-19-9-8-12(11-18(19)25)10-15-13-4-2-7-17(24)21(13)22(26)14-5-3-6-16(23)20(14)15/h2-11,25H,1H3/b15-10-. The van der Waals surface area contributed by atoms with Crippen molar-refractivity contribution in [2.24, 2.45) is 0 Å². The van der Waals surface area contributed by atoms with Gasteiger partial charge in [0.2, 0.25) is 0 Å². The number of rotatable bonds is 2. The number of halogens is 2. The van der Waals surface area contributed by atoms with Crippen LogP contribution in [-0.2, 0) is 0 Å². The van der Waals surface area contributed by atoms with Gasteiger partial charge < -0.3 is 9.84 Å². The highest BCUT2D eigenvalue weighted by Crippen LogP contribution is 2.43. The van der Waals surface area contributed by atoms with Crippen LogP contribution >= 0.6 is 23.2 Å². The predicted molar refractivity (Wildman–Crippen MR) is 108 cm³/mol. The third-order valence-electron chi connectivity index (χ3n) is 4.57. The van der Waals surface area contributed by atoms with Crippen LogP contribution in [0, 0.1) is 0 Å². The maximum absolute atomic E-state index is 13.0. The van der Waals surface area contributed by atoms with Crippen LogP contribution in [0.25, 0.3) is 11.6 Å². The van der Waals surface area contributed by atoms with Crippen molar-refractivity contribution in [2.45, 2.75) is 0 Å². The van der Waals surface area contributed by atoms with Crippen molar-refractivity contribution in [1.29, 1.82) is 0 Å². The van der Waals surface area contributed by atoms with Gasteiger partial charge in [0.25, 0.3) is 0 Å². The molecule has 0 radical (unpaired) electrons. The number of benzene rings is 3. The molecule has 4 rings (SSSR count). The van der Waals surface area contributed by atoms with E-state index in [1.54, 1.807) is 42.5 Å². The van der Waals surface area contributed by atoms with E-state index in [-0.39, 0.29) is 11.5 Å². The van der Waals surface area contributed by atoms with E-state index in [1.807, 2.05) is 18.2 Å². The van der Waals surface area contributed by atoms with Crippen LogP contribution in [-0.4, -0.2) is 18.0 Å². The highest BCUT2D eigenvalue weighted by Gasteiger charge is 2.30. The average Bonchev–Trinajstić information content (AvgIpc) is 2.65. The van der Waals surface area contributed by atoms with E-state index < -0.39 is 0 Å². The van der Waals surface area contributed by atoms with Gasteiger partial charge in [0.1, 0.15) is 0 Å². The maximum Gasteiger partial charge on any atom is 0.195 e. The number of hydrogen-bond acceptors (Lipinski definition) is 3. The van der Waals surface area contributed by atoms with Crippen LogP contribution in [0.5, 0.6) is 11.5 Å². The molecule has 3 nitrogen and oxygen atoms in total. The number of hydrogen-bond donors (Lipinski definition) is 1. The highest BCUT2D eigenvalue weighted by atomic mass is 35.5. The molecule has 0 unspecified atom stereocenters. The normalized spacial score (nSPS) is 14.0. The van der Waals surface area contributed by atoms with E-state index >= 15 is 0 Å². The van der Waals surface area contributed by atoms with E-state index in [0.29, 0.717) is 38.0 Å². The fourth-order valence-corrected chi connectivity index (χ4v) is 3.89. The molecule has 0 amide bonds. The van der Waals surface area contributed by atoms with Crippen molar-refractivity contribution in [1.82, 2.24) is 0 Å². The second kappa shape index (κ2) is 6.76. The van der Waals surface area contributed by atoms with Gasteiger partial charge in [0.15, 0.2) is 17.3 Å². The molecule has 0 aromatic heterocycles. The number of phenolic OH excluding ortho intramolecular Hbond substituents is 1. The van der Waals surface area contributed by atoms with Crippen molar-refractivity contribution in [2.75, 3.05) is 7.11 Å². The summed E-state index contributed by atoms with van der Waals surface area (Å²) in [6.45, 7) is 0. The molecule has 0 atom stereocenters. The van der Waals surface area contributed by atoms with Crippen molar-refractivity contribution >= 4 is 40.6 Å². The van der Waals surface area contributed by atoms with Crippen molar-refractivity contribution < 1.29 is 14.6 Å². The first kappa shape index (κ1) is 17.7. The molecule has 0 aliphatic heterocycles. The second-order valence-electron chi connectivity index (χ2n) is 6.14. The number of carbonyl (C=O) groups excluding carboxylic acids is 1. The zero-order valence-corrected chi connectivity index (χ0v) is 15.8. The van der Waals surface area contributed by atoms with Gasteiger partial charge in [-0.15, -0.1) is 0 Å². The number of phenols is 1. The van der Waals surface area contributed by atoms with Crippen LogP contribution in [0.2, 0.25) is 10.0 Å². The molecular weight excluding hydrogens is 383 g/mol. The summed E-state index contributed by atoms with van der Waals surface area (Å²) in [7, 11) is 1.49. The molecule has 0 fully saturated rings. The lowest BCUT2D eigenvalue weighted by atomic mass is 9.80. The van der Waals surface area contributed by atoms with Gasteiger partial charge in [-0.3, -0.25) is 4.79 Å². The number of carbonyl (C=O) groups is 1. The van der Waals surface area contributed by atoms with Crippen LogP contribution in [0.15, 0.2) is 54.6 Å². The third kappa shape index (κ3) is 2.89. The molecule has 27 heavy (non-hydrogen) atoms. The molecule has 0 spiro atoms. The first-order valence-electron chi connectivity index (χ1n) is 8.22. The Kier molecular flexibility index (Phi) is 4.42.